The number of amides is 1. The maximum atomic E-state index is 12.3. The van der Waals surface area contributed by atoms with Crippen molar-refractivity contribution in [1.82, 2.24) is 9.80 Å². The summed E-state index contributed by atoms with van der Waals surface area (Å²) >= 11 is 0. The molecule has 0 spiro atoms. The number of likely N-dealkylation sites (tertiary alicyclic amines) is 2. The van der Waals surface area contributed by atoms with Crippen molar-refractivity contribution in [2.24, 2.45) is 5.92 Å². The zero-order valence-electron chi connectivity index (χ0n) is 15.0. The summed E-state index contributed by atoms with van der Waals surface area (Å²) in [6, 6.07) is 8.31. The lowest BCUT2D eigenvalue weighted by Crippen LogP contribution is -2.54. The van der Waals surface area contributed by atoms with Crippen molar-refractivity contribution in [2.75, 3.05) is 33.2 Å². The first-order valence-electron chi connectivity index (χ1n) is 9.24. The Balaban J connectivity index is 1.32. The van der Waals surface area contributed by atoms with Gasteiger partial charge < -0.3 is 14.5 Å². The van der Waals surface area contributed by atoms with Gasteiger partial charge in [0.25, 0.3) is 0 Å². The third kappa shape index (κ3) is 4.58. The first-order valence-corrected chi connectivity index (χ1v) is 9.24. The van der Waals surface area contributed by atoms with E-state index in [1.165, 1.54) is 30.5 Å². The van der Waals surface area contributed by atoms with Crippen molar-refractivity contribution in [3.63, 3.8) is 0 Å². The van der Waals surface area contributed by atoms with Crippen molar-refractivity contribution in [1.29, 1.82) is 0 Å². The maximum Gasteiger partial charge on any atom is 0.222 e. The average Bonchev–Trinajstić information content (AvgIpc) is 2.53. The van der Waals surface area contributed by atoms with Gasteiger partial charge in [0.1, 0.15) is 0 Å². The largest absolute Gasteiger partial charge is 0.370 e. The lowest BCUT2D eigenvalue weighted by atomic mass is 9.93. The van der Waals surface area contributed by atoms with Gasteiger partial charge in [-0.2, -0.15) is 0 Å². The number of piperidine rings is 1. The van der Waals surface area contributed by atoms with Gasteiger partial charge in [-0.25, -0.2) is 0 Å². The topological polar surface area (TPSA) is 32.8 Å². The van der Waals surface area contributed by atoms with E-state index in [1.807, 2.05) is 17.0 Å². The van der Waals surface area contributed by atoms with Crippen LogP contribution >= 0.6 is 0 Å². The van der Waals surface area contributed by atoms with Gasteiger partial charge in [-0.3, -0.25) is 4.79 Å². The second-order valence-electron chi connectivity index (χ2n) is 7.47. The number of carbonyl (C=O) groups is 1. The van der Waals surface area contributed by atoms with Crippen LogP contribution in [0.15, 0.2) is 24.3 Å². The molecule has 3 rings (SSSR count). The summed E-state index contributed by atoms with van der Waals surface area (Å²) in [6.45, 7) is 6.63. The predicted octanol–water partition coefficient (Wildman–Crippen LogP) is 2.84. The van der Waals surface area contributed by atoms with E-state index in [-0.39, 0.29) is 6.10 Å². The Kier molecular flexibility index (Phi) is 5.90. The molecular weight excluding hydrogens is 300 g/mol. The Hall–Kier alpha value is -1.39. The molecule has 0 aliphatic carbocycles. The first kappa shape index (κ1) is 17.4. The Morgan fingerprint density at radius 3 is 2.79 bits per heavy atom. The fourth-order valence-electron chi connectivity index (χ4n) is 3.72. The summed E-state index contributed by atoms with van der Waals surface area (Å²) in [6.07, 6.45) is 4.49. The quantitative estimate of drug-likeness (QED) is 0.804. The molecule has 2 fully saturated rings. The van der Waals surface area contributed by atoms with Gasteiger partial charge >= 0.3 is 0 Å². The van der Waals surface area contributed by atoms with E-state index < -0.39 is 0 Å². The summed E-state index contributed by atoms with van der Waals surface area (Å²) in [5.74, 6) is 1.00. The molecule has 1 aromatic rings. The minimum absolute atomic E-state index is 0.203. The number of carbonyl (C=O) groups excluding carboxylic acids is 1. The molecule has 0 aromatic heterocycles. The van der Waals surface area contributed by atoms with Crippen LogP contribution in [0.5, 0.6) is 0 Å². The maximum absolute atomic E-state index is 12.3. The van der Waals surface area contributed by atoms with Gasteiger partial charge in [-0.15, -0.1) is 0 Å². The van der Waals surface area contributed by atoms with Crippen LogP contribution in [-0.4, -0.2) is 55.0 Å². The monoisotopic (exact) mass is 330 g/mol. The summed E-state index contributed by atoms with van der Waals surface area (Å²) in [5.41, 5.74) is 2.51. The van der Waals surface area contributed by atoms with Gasteiger partial charge in [-0.1, -0.05) is 24.3 Å². The first-order chi connectivity index (χ1) is 11.6. The van der Waals surface area contributed by atoms with E-state index >= 15 is 0 Å². The van der Waals surface area contributed by atoms with Crippen molar-refractivity contribution in [3.8, 4) is 0 Å². The molecule has 2 saturated heterocycles. The van der Waals surface area contributed by atoms with Crippen molar-refractivity contribution in [2.45, 2.75) is 45.3 Å². The molecule has 1 unspecified atom stereocenters. The molecule has 0 N–H and O–H groups in total. The number of rotatable bonds is 6. The van der Waals surface area contributed by atoms with Crippen LogP contribution < -0.4 is 0 Å². The van der Waals surface area contributed by atoms with Crippen LogP contribution in [0, 0.1) is 12.8 Å². The molecule has 132 valence electrons. The highest BCUT2D eigenvalue weighted by Crippen LogP contribution is 2.22. The number of hydrogen-bond donors (Lipinski definition) is 0. The smallest absolute Gasteiger partial charge is 0.222 e. The molecular formula is C20H30N2O2. The van der Waals surface area contributed by atoms with E-state index in [1.54, 1.807) is 0 Å². The van der Waals surface area contributed by atoms with E-state index in [0.29, 0.717) is 24.9 Å². The van der Waals surface area contributed by atoms with E-state index in [9.17, 15) is 4.79 Å². The van der Waals surface area contributed by atoms with Crippen molar-refractivity contribution < 1.29 is 9.53 Å². The summed E-state index contributed by atoms with van der Waals surface area (Å²) in [4.78, 5) is 16.6. The van der Waals surface area contributed by atoms with Crippen LogP contribution in [0.1, 0.15) is 36.8 Å². The highest BCUT2D eigenvalue weighted by Gasteiger charge is 2.31. The van der Waals surface area contributed by atoms with E-state index in [4.69, 9.17) is 4.74 Å². The number of aryl methyl sites for hydroxylation is 1. The number of hydrogen-bond acceptors (Lipinski definition) is 3. The molecule has 0 saturated carbocycles. The van der Waals surface area contributed by atoms with Gasteiger partial charge in [-0.05, 0) is 56.8 Å². The molecule has 24 heavy (non-hydrogen) atoms. The number of benzene rings is 1. The van der Waals surface area contributed by atoms with Crippen molar-refractivity contribution >= 4 is 5.91 Å². The lowest BCUT2D eigenvalue weighted by Gasteiger charge is -2.39. The number of ether oxygens (including phenoxy) is 1. The van der Waals surface area contributed by atoms with Crippen LogP contribution in [0.3, 0.4) is 0 Å². The predicted molar refractivity (Wildman–Crippen MR) is 95.8 cm³/mol. The third-order valence-corrected chi connectivity index (χ3v) is 5.43. The molecule has 0 radical (unpaired) electrons. The zero-order chi connectivity index (χ0) is 16.9. The molecule has 1 amide bonds. The highest BCUT2D eigenvalue weighted by atomic mass is 16.5. The second-order valence-corrected chi connectivity index (χ2v) is 7.47. The molecule has 2 heterocycles. The normalized spacial score (nSPS) is 22.4. The molecule has 2 aliphatic rings. The molecule has 1 atom stereocenters. The Morgan fingerprint density at radius 1 is 1.25 bits per heavy atom. The van der Waals surface area contributed by atoms with Gasteiger partial charge in [0.15, 0.2) is 0 Å². The average molecular weight is 330 g/mol. The minimum atomic E-state index is 0.203. The molecule has 4 heteroatoms. The van der Waals surface area contributed by atoms with Gasteiger partial charge in [0.05, 0.1) is 12.7 Å². The summed E-state index contributed by atoms with van der Waals surface area (Å²) in [7, 11) is 2.18. The summed E-state index contributed by atoms with van der Waals surface area (Å²) in [5, 5.41) is 0. The van der Waals surface area contributed by atoms with Crippen LogP contribution in [0.25, 0.3) is 0 Å². The van der Waals surface area contributed by atoms with E-state index in [2.05, 4.69) is 31.0 Å². The fourth-order valence-corrected chi connectivity index (χ4v) is 3.72. The fraction of sp³-hybridized carbons (Fsp3) is 0.650. The SMILES string of the molecule is Cc1ccccc1COC1CN(C(=O)CCC2CCCN(C)C2)C1. The highest BCUT2D eigenvalue weighted by molar-refractivity contribution is 5.77. The molecule has 0 bridgehead atoms. The minimum Gasteiger partial charge on any atom is -0.370 e. The summed E-state index contributed by atoms with van der Waals surface area (Å²) < 4.78 is 5.93. The van der Waals surface area contributed by atoms with E-state index in [0.717, 1.165) is 26.1 Å². The Morgan fingerprint density at radius 2 is 2.04 bits per heavy atom. The van der Waals surface area contributed by atoms with Gasteiger partial charge in [0, 0.05) is 26.1 Å². The van der Waals surface area contributed by atoms with Crippen LogP contribution in [-0.2, 0) is 16.1 Å². The Labute approximate surface area is 145 Å². The Bertz CT molecular complexity index is 554. The van der Waals surface area contributed by atoms with Crippen LogP contribution in [0.2, 0.25) is 0 Å². The van der Waals surface area contributed by atoms with Gasteiger partial charge in [0.2, 0.25) is 5.91 Å². The molecule has 2 aliphatic heterocycles. The van der Waals surface area contributed by atoms with Crippen molar-refractivity contribution in [3.05, 3.63) is 35.4 Å². The third-order valence-electron chi connectivity index (χ3n) is 5.43. The molecule has 4 nitrogen and oxygen atoms in total. The standard InChI is InChI=1S/C20H30N2O2/c1-16-6-3-4-8-18(16)15-24-19-13-22(14-19)20(23)10-9-17-7-5-11-21(2)12-17/h3-4,6,8,17,19H,5,7,9-15H2,1-2H3. The number of nitrogens with zero attached hydrogens (tertiary/aromatic N) is 2. The zero-order valence-corrected chi connectivity index (χ0v) is 15.0. The lowest BCUT2D eigenvalue weighted by molar-refractivity contribution is -0.146. The second kappa shape index (κ2) is 8.13. The molecule has 1 aromatic carbocycles. The van der Waals surface area contributed by atoms with Crippen LogP contribution in [0.4, 0.5) is 0 Å².